The lowest BCUT2D eigenvalue weighted by molar-refractivity contribution is -0.118. The van der Waals surface area contributed by atoms with Crippen molar-refractivity contribution in [1.82, 2.24) is 9.97 Å². The molecule has 0 aliphatic rings. The summed E-state index contributed by atoms with van der Waals surface area (Å²) in [6, 6.07) is 13.9. The van der Waals surface area contributed by atoms with Crippen molar-refractivity contribution in [2.24, 2.45) is 0 Å². The van der Waals surface area contributed by atoms with Crippen LogP contribution in [0.2, 0.25) is 5.02 Å². The highest BCUT2D eigenvalue weighted by Gasteiger charge is 2.22. The molecule has 2 aromatic heterocycles. The molecule has 1 atom stereocenters. The van der Waals surface area contributed by atoms with Crippen LogP contribution in [0.15, 0.2) is 48.7 Å². The first kappa shape index (κ1) is 22.3. The molecule has 2 heterocycles. The number of nitrogens with zero attached hydrogens (tertiary/aromatic N) is 1. The fraction of sp³-hybridized carbons (Fsp3) is 0.280. The van der Waals surface area contributed by atoms with Crippen molar-refractivity contribution in [2.75, 3.05) is 13.7 Å². The molecule has 0 spiro atoms. The molecule has 2 aromatic carbocycles. The number of halogens is 1. The Labute approximate surface area is 191 Å². The molecule has 4 aromatic rings. The van der Waals surface area contributed by atoms with E-state index in [1.54, 1.807) is 27.2 Å². The largest absolute Gasteiger partial charge is 0.461 e. The van der Waals surface area contributed by atoms with Gasteiger partial charge in [0.05, 0.1) is 24.9 Å². The average Bonchev–Trinajstić information content (AvgIpc) is 3.18. The Morgan fingerprint density at radius 3 is 2.62 bits per heavy atom. The van der Waals surface area contributed by atoms with Crippen molar-refractivity contribution in [3.05, 3.63) is 76.1 Å². The summed E-state index contributed by atoms with van der Waals surface area (Å²) in [5.74, 6) is -0.476. The molecule has 6 nitrogen and oxygen atoms in total. The highest BCUT2D eigenvalue weighted by atomic mass is 35.5. The molecule has 7 heteroatoms. The molecule has 0 saturated heterocycles. The Morgan fingerprint density at radius 1 is 1.09 bits per heavy atom. The number of H-pyrrole nitrogens is 1. The second-order valence-electron chi connectivity index (χ2n) is 7.44. The lowest BCUT2D eigenvalue weighted by Crippen LogP contribution is -2.15. The normalized spacial score (nSPS) is 12.4. The predicted molar refractivity (Wildman–Crippen MR) is 125 cm³/mol. The quantitative estimate of drug-likeness (QED) is 0.276. The van der Waals surface area contributed by atoms with Crippen molar-refractivity contribution in [3.63, 3.8) is 0 Å². The number of rotatable bonds is 8. The highest BCUT2D eigenvalue weighted by molar-refractivity contribution is 6.31. The van der Waals surface area contributed by atoms with Gasteiger partial charge in [0.15, 0.2) is 12.0 Å². The molecular formula is C25H25ClN2O4. The van der Waals surface area contributed by atoms with Crippen molar-refractivity contribution in [3.8, 4) is 0 Å². The summed E-state index contributed by atoms with van der Waals surface area (Å²) in [6.45, 7) is 3.99. The van der Waals surface area contributed by atoms with E-state index in [4.69, 9.17) is 25.8 Å². The van der Waals surface area contributed by atoms with Crippen LogP contribution in [0.1, 0.15) is 41.0 Å². The number of hydrogen-bond donors (Lipinski definition) is 1. The summed E-state index contributed by atoms with van der Waals surface area (Å²) in [5.41, 5.74) is 4.81. The van der Waals surface area contributed by atoms with E-state index in [1.807, 2.05) is 36.4 Å². The molecule has 0 aliphatic carbocycles. The summed E-state index contributed by atoms with van der Waals surface area (Å²) in [5, 5.41) is 2.62. The molecule has 0 amide bonds. The fourth-order valence-corrected chi connectivity index (χ4v) is 4.06. The monoisotopic (exact) mass is 452 g/mol. The molecular weight excluding hydrogens is 428 g/mol. The van der Waals surface area contributed by atoms with Crippen molar-refractivity contribution >= 4 is 39.4 Å². The summed E-state index contributed by atoms with van der Waals surface area (Å²) in [6.07, 6.45) is 1.88. The number of benzene rings is 2. The molecule has 0 radical (unpaired) electrons. The van der Waals surface area contributed by atoms with Gasteiger partial charge in [0.2, 0.25) is 0 Å². The highest BCUT2D eigenvalue weighted by Crippen LogP contribution is 2.34. The molecule has 0 fully saturated rings. The first-order chi connectivity index (χ1) is 15.5. The lowest BCUT2D eigenvalue weighted by Gasteiger charge is -2.15. The van der Waals surface area contributed by atoms with Gasteiger partial charge in [0, 0.05) is 34.0 Å². The van der Waals surface area contributed by atoms with Crippen LogP contribution in [-0.4, -0.2) is 35.9 Å². The number of methoxy groups -OCH3 is 1. The van der Waals surface area contributed by atoms with Crippen molar-refractivity contribution in [1.29, 1.82) is 0 Å². The van der Waals surface area contributed by atoms with Gasteiger partial charge < -0.3 is 19.2 Å². The topological polar surface area (TPSA) is 73.4 Å². The number of fused-ring (bicyclic) bond motifs is 3. The number of carbonyl (C=O) groups is 1. The lowest BCUT2D eigenvalue weighted by atomic mass is 9.97. The zero-order valence-corrected chi connectivity index (χ0v) is 19.0. The van der Waals surface area contributed by atoms with Crippen LogP contribution in [0.4, 0.5) is 0 Å². The van der Waals surface area contributed by atoms with Gasteiger partial charge >= 0.3 is 5.97 Å². The minimum Gasteiger partial charge on any atom is -0.461 e. The molecule has 0 saturated carbocycles. The number of hydrogen-bond acceptors (Lipinski definition) is 5. The van der Waals surface area contributed by atoms with Gasteiger partial charge in [-0.3, -0.25) is 0 Å². The smallest absolute Gasteiger partial charge is 0.357 e. The van der Waals surface area contributed by atoms with Crippen LogP contribution in [0.3, 0.4) is 0 Å². The van der Waals surface area contributed by atoms with E-state index >= 15 is 0 Å². The number of ether oxygens (including phenoxy) is 3. The maximum atomic E-state index is 12.7. The van der Waals surface area contributed by atoms with E-state index in [2.05, 4.69) is 16.0 Å². The van der Waals surface area contributed by atoms with E-state index in [1.165, 1.54) is 0 Å². The average molecular weight is 453 g/mol. The van der Waals surface area contributed by atoms with Crippen LogP contribution in [-0.2, 0) is 27.2 Å². The van der Waals surface area contributed by atoms with Crippen LogP contribution < -0.4 is 0 Å². The minimum absolute atomic E-state index is 0.154. The first-order valence-electron chi connectivity index (χ1n) is 10.5. The Balaban J connectivity index is 1.93. The van der Waals surface area contributed by atoms with Gasteiger partial charge in [0.25, 0.3) is 0 Å². The second-order valence-corrected chi connectivity index (χ2v) is 7.85. The molecule has 166 valence electrons. The number of nitrogens with one attached hydrogen (secondary N) is 1. The minimum atomic E-state index is -0.476. The second kappa shape index (κ2) is 9.69. The summed E-state index contributed by atoms with van der Waals surface area (Å²) < 4.78 is 16.3. The molecule has 0 bridgehead atoms. The maximum absolute atomic E-state index is 12.7. The Bertz CT molecular complexity index is 1270. The van der Waals surface area contributed by atoms with Crippen molar-refractivity contribution < 1.29 is 19.0 Å². The van der Waals surface area contributed by atoms with Gasteiger partial charge in [-0.05, 0) is 43.5 Å². The third-order valence-electron chi connectivity index (χ3n) is 5.45. The van der Waals surface area contributed by atoms with Crippen molar-refractivity contribution in [2.45, 2.75) is 33.2 Å². The summed E-state index contributed by atoms with van der Waals surface area (Å²) >= 11 is 6.44. The Morgan fingerprint density at radius 2 is 1.88 bits per heavy atom. The zero-order valence-electron chi connectivity index (χ0n) is 18.3. The molecule has 1 N–H and O–H groups in total. The van der Waals surface area contributed by atoms with E-state index in [9.17, 15) is 4.79 Å². The predicted octanol–water partition coefficient (Wildman–Crippen LogP) is 5.65. The zero-order chi connectivity index (χ0) is 22.7. The molecule has 32 heavy (non-hydrogen) atoms. The maximum Gasteiger partial charge on any atom is 0.357 e. The number of pyridine rings is 1. The van der Waals surface area contributed by atoms with Crippen LogP contribution in [0, 0.1) is 0 Å². The van der Waals surface area contributed by atoms with Crippen LogP contribution in [0.25, 0.3) is 21.8 Å². The molecule has 0 aliphatic heterocycles. The number of esters is 1. The number of aromatic nitrogens is 2. The molecule has 1 unspecified atom stereocenters. The van der Waals surface area contributed by atoms with E-state index in [0.29, 0.717) is 12.0 Å². The van der Waals surface area contributed by atoms with E-state index in [-0.39, 0.29) is 18.9 Å². The van der Waals surface area contributed by atoms with Crippen LogP contribution in [0.5, 0.6) is 0 Å². The van der Waals surface area contributed by atoms with Gasteiger partial charge in [-0.2, -0.15) is 0 Å². The van der Waals surface area contributed by atoms with Gasteiger partial charge in [-0.1, -0.05) is 41.9 Å². The Hall–Kier alpha value is -2.93. The third-order valence-corrected chi connectivity index (χ3v) is 5.82. The van der Waals surface area contributed by atoms with E-state index < -0.39 is 12.3 Å². The standard InChI is InChI=1S/C25H25ClN2O4/c1-4-31-25(29)24-18(14-32-15(2)30-3)23-21(13-27-24)28-20-11-7-9-17(22(20)23)12-16-8-5-6-10-19(16)26/h5-11,13,15,28H,4,12,14H2,1-3H3. The van der Waals surface area contributed by atoms with Crippen LogP contribution >= 0.6 is 11.6 Å². The first-order valence-corrected chi connectivity index (χ1v) is 10.9. The summed E-state index contributed by atoms with van der Waals surface area (Å²) in [4.78, 5) is 20.5. The van der Waals surface area contributed by atoms with Gasteiger partial charge in [0.1, 0.15) is 0 Å². The Kier molecular flexibility index (Phi) is 6.74. The fourth-order valence-electron chi connectivity index (χ4n) is 3.86. The number of aromatic amines is 1. The third kappa shape index (κ3) is 4.35. The summed E-state index contributed by atoms with van der Waals surface area (Å²) in [7, 11) is 1.57. The molecule has 4 rings (SSSR count). The van der Waals surface area contributed by atoms with Gasteiger partial charge in [-0.25, -0.2) is 9.78 Å². The van der Waals surface area contributed by atoms with E-state index in [0.717, 1.165) is 38.0 Å². The number of carbonyl (C=O) groups excluding carboxylic acids is 1. The SMILES string of the molecule is CCOC(=O)c1ncc2[nH]c3cccc(Cc4ccccc4Cl)c3c2c1COC(C)OC. The van der Waals surface area contributed by atoms with Gasteiger partial charge in [-0.15, -0.1) is 0 Å².